The number of nitrogens with zero attached hydrogens (tertiary/aromatic N) is 3. The molecule has 0 radical (unpaired) electrons. The standard InChI is InChI=1S/C52H94N4O6/c1-7-10-12-14-16-18-20-22-24-25-27-29-31-33-35-46(4)62-49(44-60-51(58)36-34-32-30-28-26-23-21-19-17-15-13-11-8-2)45-61-52(59)47-37-38-54-48(41-47)42-53-43-50(57)56(9-3)40-39-55(5)6/h37-38,41,49,53H,4,7-36,39-40,42-45H2,1-3,5-6H3. The van der Waals surface area contributed by atoms with E-state index in [1.165, 1.54) is 141 Å². The van der Waals surface area contributed by atoms with Crippen molar-refractivity contribution < 1.29 is 28.6 Å². The number of hydrogen-bond acceptors (Lipinski definition) is 9. The fraction of sp³-hybridized carbons (Fsp3) is 0.808. The number of ether oxygens (including phenoxy) is 3. The molecule has 0 bridgehead atoms. The summed E-state index contributed by atoms with van der Waals surface area (Å²) in [6.45, 7) is 13.2. The van der Waals surface area contributed by atoms with E-state index in [-0.39, 0.29) is 31.6 Å². The quantitative estimate of drug-likeness (QED) is 0.0389. The Kier molecular flexibility index (Phi) is 37.5. The average Bonchev–Trinajstić information content (AvgIpc) is 3.26. The minimum Gasteiger partial charge on any atom is -0.488 e. The molecule has 0 saturated carbocycles. The van der Waals surface area contributed by atoms with E-state index in [0.717, 1.165) is 38.6 Å². The maximum atomic E-state index is 13.2. The van der Waals surface area contributed by atoms with Gasteiger partial charge in [0.2, 0.25) is 5.91 Å². The third-order valence-electron chi connectivity index (χ3n) is 11.6. The maximum absolute atomic E-state index is 13.2. The van der Waals surface area contributed by atoms with Crippen LogP contribution >= 0.6 is 0 Å². The topological polar surface area (TPSA) is 110 Å². The summed E-state index contributed by atoms with van der Waals surface area (Å²) in [5.41, 5.74) is 0.976. The Balaban J connectivity index is 2.54. The summed E-state index contributed by atoms with van der Waals surface area (Å²) in [6.07, 6.45) is 36.4. The molecule has 10 nitrogen and oxygen atoms in total. The molecule has 0 aromatic carbocycles. The van der Waals surface area contributed by atoms with Gasteiger partial charge in [-0.05, 0) is 46.0 Å². The fourth-order valence-corrected chi connectivity index (χ4v) is 7.62. The molecule has 1 rings (SSSR count). The number of likely N-dealkylation sites (N-methyl/N-ethyl adjacent to an activating group) is 2. The van der Waals surface area contributed by atoms with Crippen LogP contribution in [0.25, 0.3) is 0 Å². The molecule has 0 saturated heterocycles. The number of carbonyl (C=O) groups excluding carboxylic acids is 3. The first kappa shape index (κ1) is 57.0. The van der Waals surface area contributed by atoms with Crippen LogP contribution in [0, 0.1) is 0 Å². The van der Waals surface area contributed by atoms with Crippen LogP contribution in [0.3, 0.4) is 0 Å². The van der Waals surface area contributed by atoms with Crippen LogP contribution in [0.5, 0.6) is 0 Å². The minimum atomic E-state index is -0.656. The summed E-state index contributed by atoms with van der Waals surface area (Å²) < 4.78 is 17.5. The number of allylic oxidation sites excluding steroid dienone is 1. The van der Waals surface area contributed by atoms with Gasteiger partial charge < -0.3 is 29.3 Å². The first-order valence-corrected chi connectivity index (χ1v) is 25.4. The van der Waals surface area contributed by atoms with Gasteiger partial charge in [0.25, 0.3) is 0 Å². The van der Waals surface area contributed by atoms with E-state index in [1.807, 2.05) is 25.9 Å². The molecule has 0 aliphatic carbocycles. The number of amides is 1. The smallest absolute Gasteiger partial charge is 0.338 e. The van der Waals surface area contributed by atoms with Crippen molar-refractivity contribution in [1.82, 2.24) is 20.1 Å². The van der Waals surface area contributed by atoms with Crippen molar-refractivity contribution in [3.63, 3.8) is 0 Å². The van der Waals surface area contributed by atoms with Gasteiger partial charge >= 0.3 is 11.9 Å². The number of rotatable bonds is 44. The average molecular weight is 871 g/mol. The lowest BCUT2D eigenvalue weighted by atomic mass is 10.0. The Bertz CT molecular complexity index is 1260. The van der Waals surface area contributed by atoms with E-state index in [9.17, 15) is 14.4 Å². The molecule has 0 spiro atoms. The Hall–Kier alpha value is -2.98. The summed E-state index contributed by atoms with van der Waals surface area (Å²) in [5.74, 6) is -0.134. The van der Waals surface area contributed by atoms with Gasteiger partial charge in [-0.25, -0.2) is 4.79 Å². The van der Waals surface area contributed by atoms with E-state index >= 15 is 0 Å². The molecular weight excluding hydrogens is 777 g/mol. The van der Waals surface area contributed by atoms with Crippen LogP contribution in [0.15, 0.2) is 30.7 Å². The SMILES string of the molecule is C=C(CCCCCCCCCCCCCCCC)OC(COC(=O)CCCCCCCCCCCCCCC)COC(=O)c1ccnc(CNCC(=O)N(CC)CCN(C)C)c1. The van der Waals surface area contributed by atoms with Gasteiger partial charge in [-0.15, -0.1) is 0 Å². The first-order chi connectivity index (χ1) is 30.2. The zero-order valence-electron chi connectivity index (χ0n) is 40.8. The molecular formula is C52H94N4O6. The summed E-state index contributed by atoms with van der Waals surface area (Å²) in [5, 5.41) is 3.16. The number of pyridine rings is 1. The zero-order chi connectivity index (χ0) is 45.3. The monoisotopic (exact) mass is 871 g/mol. The van der Waals surface area contributed by atoms with Crippen molar-refractivity contribution in [2.75, 3.05) is 53.5 Å². The lowest BCUT2D eigenvalue weighted by Gasteiger charge is -2.23. The molecule has 62 heavy (non-hydrogen) atoms. The Morgan fingerprint density at radius 1 is 0.645 bits per heavy atom. The van der Waals surface area contributed by atoms with Gasteiger partial charge in [-0.2, -0.15) is 0 Å². The predicted molar refractivity (Wildman–Crippen MR) is 257 cm³/mol. The van der Waals surface area contributed by atoms with Gasteiger partial charge in [0, 0.05) is 45.2 Å². The highest BCUT2D eigenvalue weighted by Gasteiger charge is 2.19. The molecule has 0 aliphatic rings. The van der Waals surface area contributed by atoms with Gasteiger partial charge in [0.1, 0.15) is 13.2 Å². The normalized spacial score (nSPS) is 11.8. The number of aromatic nitrogens is 1. The lowest BCUT2D eigenvalue weighted by Crippen LogP contribution is -2.41. The van der Waals surface area contributed by atoms with E-state index in [4.69, 9.17) is 14.2 Å². The summed E-state index contributed by atoms with van der Waals surface area (Å²) in [7, 11) is 3.98. The van der Waals surface area contributed by atoms with Crippen molar-refractivity contribution in [1.29, 1.82) is 0 Å². The van der Waals surface area contributed by atoms with Gasteiger partial charge in [-0.3, -0.25) is 14.6 Å². The molecule has 1 unspecified atom stereocenters. The molecule has 0 aliphatic heterocycles. The molecule has 1 aromatic heterocycles. The molecule has 1 amide bonds. The van der Waals surface area contributed by atoms with Crippen molar-refractivity contribution in [2.45, 2.75) is 220 Å². The van der Waals surface area contributed by atoms with E-state index in [0.29, 0.717) is 49.5 Å². The van der Waals surface area contributed by atoms with Gasteiger partial charge in [0.05, 0.1) is 23.6 Å². The van der Waals surface area contributed by atoms with Crippen LogP contribution in [0.2, 0.25) is 0 Å². The molecule has 0 fully saturated rings. The van der Waals surface area contributed by atoms with Crippen molar-refractivity contribution in [2.24, 2.45) is 0 Å². The van der Waals surface area contributed by atoms with Crippen molar-refractivity contribution >= 4 is 17.8 Å². The highest BCUT2D eigenvalue weighted by atomic mass is 16.6. The Morgan fingerprint density at radius 2 is 1.11 bits per heavy atom. The third kappa shape index (κ3) is 33.6. The fourth-order valence-electron chi connectivity index (χ4n) is 7.62. The van der Waals surface area contributed by atoms with E-state index in [2.05, 4.69) is 35.6 Å². The first-order valence-electron chi connectivity index (χ1n) is 25.4. The van der Waals surface area contributed by atoms with Gasteiger partial charge in [-0.1, -0.05) is 181 Å². The van der Waals surface area contributed by atoms with Crippen LogP contribution in [0.4, 0.5) is 0 Å². The number of carbonyl (C=O) groups is 3. The zero-order valence-corrected chi connectivity index (χ0v) is 40.8. The van der Waals surface area contributed by atoms with Crippen molar-refractivity contribution in [3.8, 4) is 0 Å². The van der Waals surface area contributed by atoms with Crippen LogP contribution < -0.4 is 5.32 Å². The van der Waals surface area contributed by atoms with Crippen LogP contribution in [0.1, 0.15) is 223 Å². The lowest BCUT2D eigenvalue weighted by molar-refractivity contribution is -0.148. The Labute approximate surface area is 380 Å². The maximum Gasteiger partial charge on any atom is 0.338 e. The molecule has 1 N–H and O–H groups in total. The highest BCUT2D eigenvalue weighted by Crippen LogP contribution is 2.17. The summed E-state index contributed by atoms with van der Waals surface area (Å²) >= 11 is 0. The summed E-state index contributed by atoms with van der Waals surface area (Å²) in [4.78, 5) is 46.9. The molecule has 10 heteroatoms. The van der Waals surface area contributed by atoms with Crippen molar-refractivity contribution in [3.05, 3.63) is 41.9 Å². The van der Waals surface area contributed by atoms with Crippen LogP contribution in [-0.4, -0.2) is 92.2 Å². The largest absolute Gasteiger partial charge is 0.488 e. The number of nitrogens with one attached hydrogen (secondary N) is 1. The highest BCUT2D eigenvalue weighted by molar-refractivity contribution is 5.89. The van der Waals surface area contributed by atoms with E-state index < -0.39 is 12.1 Å². The number of hydrogen-bond donors (Lipinski definition) is 1. The number of unbranched alkanes of at least 4 members (excludes halogenated alkanes) is 25. The van der Waals surface area contributed by atoms with E-state index in [1.54, 1.807) is 18.3 Å². The Morgan fingerprint density at radius 3 is 1.60 bits per heavy atom. The molecule has 1 heterocycles. The number of esters is 2. The predicted octanol–water partition coefficient (Wildman–Crippen LogP) is 12.5. The minimum absolute atomic E-state index is 0.00875. The molecule has 358 valence electrons. The molecule has 1 aromatic rings. The second kappa shape index (κ2) is 40.8. The van der Waals surface area contributed by atoms with Gasteiger partial charge in [0.15, 0.2) is 6.10 Å². The second-order valence-corrected chi connectivity index (χ2v) is 17.8. The molecule has 1 atom stereocenters. The third-order valence-corrected chi connectivity index (χ3v) is 11.6. The summed E-state index contributed by atoms with van der Waals surface area (Å²) in [6, 6.07) is 3.28. The second-order valence-electron chi connectivity index (χ2n) is 17.8. The van der Waals surface area contributed by atoms with Crippen LogP contribution in [-0.2, 0) is 30.3 Å².